The van der Waals surface area contributed by atoms with Crippen LogP contribution < -0.4 is 0 Å². The van der Waals surface area contributed by atoms with Gasteiger partial charge >= 0.3 is 0 Å². The van der Waals surface area contributed by atoms with Crippen LogP contribution in [0.4, 0.5) is 4.39 Å². The van der Waals surface area contributed by atoms with Crippen LogP contribution in [0.25, 0.3) is 56.0 Å². The third-order valence-electron chi connectivity index (χ3n) is 5.15. The van der Waals surface area contributed by atoms with E-state index in [1.807, 2.05) is 24.3 Å². The molecule has 7 nitrogen and oxygen atoms in total. The highest BCUT2D eigenvalue weighted by molar-refractivity contribution is 5.99. The molecule has 31 heavy (non-hydrogen) atoms. The SMILES string of the molecule is Fc1ccc(-c2nccc3[nH]c(-c4n[nH]c5ccc(-c6cnccn6)nc45)cc23)cc1. The summed E-state index contributed by atoms with van der Waals surface area (Å²) in [5.74, 6) is -0.279. The van der Waals surface area contributed by atoms with Gasteiger partial charge in [-0.15, -0.1) is 0 Å². The zero-order valence-electron chi connectivity index (χ0n) is 16.0. The van der Waals surface area contributed by atoms with E-state index in [-0.39, 0.29) is 5.82 Å². The molecule has 0 atom stereocenters. The van der Waals surface area contributed by atoms with Gasteiger partial charge in [-0.1, -0.05) is 0 Å². The first-order valence-corrected chi connectivity index (χ1v) is 9.62. The number of aromatic nitrogens is 7. The van der Waals surface area contributed by atoms with Crippen molar-refractivity contribution in [1.82, 2.24) is 35.1 Å². The summed E-state index contributed by atoms with van der Waals surface area (Å²) in [6.45, 7) is 0. The number of pyridine rings is 2. The number of hydrogen-bond acceptors (Lipinski definition) is 5. The van der Waals surface area contributed by atoms with E-state index in [2.05, 4.69) is 30.1 Å². The second-order valence-electron chi connectivity index (χ2n) is 7.07. The van der Waals surface area contributed by atoms with Crippen LogP contribution in [-0.4, -0.2) is 35.1 Å². The average molecular weight is 407 g/mol. The molecule has 0 bridgehead atoms. The Morgan fingerprint density at radius 1 is 0.774 bits per heavy atom. The standard InChI is InChI=1S/C23H14FN7/c24-14-3-1-13(2-4-14)21-15-11-19(28-16(15)7-8-27-21)23-22-18(30-31-23)6-5-17(29-22)20-12-25-9-10-26-20/h1-12,28H,(H,30,31). The number of benzene rings is 1. The van der Waals surface area contributed by atoms with Crippen LogP contribution in [0, 0.1) is 5.82 Å². The molecular weight excluding hydrogens is 393 g/mol. The molecule has 0 aliphatic carbocycles. The Balaban J connectivity index is 1.51. The summed E-state index contributed by atoms with van der Waals surface area (Å²) >= 11 is 0. The molecule has 0 saturated carbocycles. The number of nitrogens with zero attached hydrogens (tertiary/aromatic N) is 5. The summed E-state index contributed by atoms with van der Waals surface area (Å²) in [5, 5.41) is 8.44. The number of rotatable bonds is 3. The Kier molecular flexibility index (Phi) is 3.82. The number of H-pyrrole nitrogens is 2. The minimum Gasteiger partial charge on any atom is -0.353 e. The molecule has 8 heteroatoms. The summed E-state index contributed by atoms with van der Waals surface area (Å²) in [5.41, 5.74) is 6.97. The van der Waals surface area contributed by atoms with E-state index >= 15 is 0 Å². The van der Waals surface area contributed by atoms with Crippen molar-refractivity contribution >= 4 is 21.9 Å². The van der Waals surface area contributed by atoms with Crippen molar-refractivity contribution in [2.75, 3.05) is 0 Å². The molecule has 0 aliphatic rings. The predicted molar refractivity (Wildman–Crippen MR) is 115 cm³/mol. The van der Waals surface area contributed by atoms with Gasteiger partial charge in [0, 0.05) is 35.1 Å². The molecule has 6 rings (SSSR count). The van der Waals surface area contributed by atoms with E-state index in [9.17, 15) is 4.39 Å². The smallest absolute Gasteiger partial charge is 0.135 e. The van der Waals surface area contributed by atoms with Crippen LogP contribution >= 0.6 is 0 Å². The van der Waals surface area contributed by atoms with E-state index in [0.717, 1.165) is 38.9 Å². The maximum absolute atomic E-state index is 13.4. The molecule has 0 saturated heterocycles. The Hall–Kier alpha value is -4.46. The van der Waals surface area contributed by atoms with Crippen LogP contribution in [0.15, 0.2) is 73.3 Å². The van der Waals surface area contributed by atoms with Crippen molar-refractivity contribution < 1.29 is 4.39 Å². The van der Waals surface area contributed by atoms with Gasteiger partial charge in [-0.3, -0.25) is 20.1 Å². The van der Waals surface area contributed by atoms with Gasteiger partial charge in [0.15, 0.2) is 0 Å². The van der Waals surface area contributed by atoms with Crippen molar-refractivity contribution in [3.8, 4) is 34.0 Å². The molecule has 5 aromatic heterocycles. The van der Waals surface area contributed by atoms with Crippen molar-refractivity contribution in [1.29, 1.82) is 0 Å². The second-order valence-corrected chi connectivity index (χ2v) is 7.07. The first-order valence-electron chi connectivity index (χ1n) is 9.62. The molecule has 0 aliphatic heterocycles. The van der Waals surface area contributed by atoms with Crippen molar-refractivity contribution in [3.63, 3.8) is 0 Å². The van der Waals surface area contributed by atoms with E-state index < -0.39 is 0 Å². The zero-order chi connectivity index (χ0) is 20.8. The number of aromatic amines is 2. The van der Waals surface area contributed by atoms with E-state index in [1.54, 1.807) is 36.9 Å². The molecule has 0 radical (unpaired) electrons. The van der Waals surface area contributed by atoms with Gasteiger partial charge in [0.2, 0.25) is 0 Å². The van der Waals surface area contributed by atoms with Crippen LogP contribution in [0.1, 0.15) is 0 Å². The number of nitrogens with one attached hydrogen (secondary N) is 2. The summed E-state index contributed by atoms with van der Waals surface area (Å²) in [4.78, 5) is 21.1. The van der Waals surface area contributed by atoms with Crippen molar-refractivity contribution in [2.45, 2.75) is 0 Å². The van der Waals surface area contributed by atoms with Crippen molar-refractivity contribution in [2.24, 2.45) is 0 Å². The molecule has 5 heterocycles. The molecule has 0 fully saturated rings. The van der Waals surface area contributed by atoms with E-state index in [4.69, 9.17) is 4.98 Å². The first-order chi connectivity index (χ1) is 15.3. The molecule has 1 aromatic carbocycles. The highest BCUT2D eigenvalue weighted by Gasteiger charge is 2.16. The number of hydrogen-bond donors (Lipinski definition) is 2. The lowest BCUT2D eigenvalue weighted by atomic mass is 10.1. The lowest BCUT2D eigenvalue weighted by Gasteiger charge is -2.02. The highest BCUT2D eigenvalue weighted by atomic mass is 19.1. The van der Waals surface area contributed by atoms with Crippen LogP contribution in [0.2, 0.25) is 0 Å². The lowest BCUT2D eigenvalue weighted by Crippen LogP contribution is -1.89. The van der Waals surface area contributed by atoms with Gasteiger partial charge < -0.3 is 4.98 Å². The third-order valence-corrected chi connectivity index (χ3v) is 5.15. The van der Waals surface area contributed by atoms with Crippen molar-refractivity contribution in [3.05, 3.63) is 79.1 Å². The quantitative estimate of drug-likeness (QED) is 0.441. The largest absolute Gasteiger partial charge is 0.353 e. The molecule has 6 aromatic rings. The second kappa shape index (κ2) is 6.81. The number of halogens is 1. The molecule has 0 spiro atoms. The van der Waals surface area contributed by atoms with Gasteiger partial charge in [-0.05, 0) is 48.5 Å². The lowest BCUT2D eigenvalue weighted by molar-refractivity contribution is 0.628. The van der Waals surface area contributed by atoms with Crippen LogP contribution in [0.3, 0.4) is 0 Å². The van der Waals surface area contributed by atoms with E-state index in [1.165, 1.54) is 12.1 Å². The highest BCUT2D eigenvalue weighted by Crippen LogP contribution is 2.33. The average Bonchev–Trinajstić information content (AvgIpc) is 3.43. The molecule has 148 valence electrons. The predicted octanol–water partition coefficient (Wildman–Crippen LogP) is 4.76. The van der Waals surface area contributed by atoms with Gasteiger partial charge in [0.25, 0.3) is 0 Å². The third kappa shape index (κ3) is 2.93. The molecule has 2 N–H and O–H groups in total. The van der Waals surface area contributed by atoms with Crippen LogP contribution in [0.5, 0.6) is 0 Å². The number of fused-ring (bicyclic) bond motifs is 2. The van der Waals surface area contributed by atoms with Gasteiger partial charge in [-0.25, -0.2) is 9.37 Å². The Labute approximate surface area is 175 Å². The van der Waals surface area contributed by atoms with Gasteiger partial charge in [0.05, 0.1) is 28.8 Å². The Bertz CT molecular complexity index is 1540. The fourth-order valence-electron chi connectivity index (χ4n) is 3.68. The summed E-state index contributed by atoms with van der Waals surface area (Å²) in [6.07, 6.45) is 6.67. The van der Waals surface area contributed by atoms with Gasteiger partial charge in [-0.2, -0.15) is 5.10 Å². The summed E-state index contributed by atoms with van der Waals surface area (Å²) in [7, 11) is 0. The fraction of sp³-hybridized carbons (Fsp3) is 0. The normalized spacial score (nSPS) is 11.4. The van der Waals surface area contributed by atoms with Crippen LogP contribution in [-0.2, 0) is 0 Å². The molecular formula is C23H14FN7. The fourth-order valence-corrected chi connectivity index (χ4v) is 3.68. The maximum atomic E-state index is 13.4. The monoisotopic (exact) mass is 407 g/mol. The van der Waals surface area contributed by atoms with E-state index in [0.29, 0.717) is 17.1 Å². The van der Waals surface area contributed by atoms with Gasteiger partial charge in [0.1, 0.15) is 22.7 Å². The molecule has 0 unspecified atom stereocenters. The molecule has 0 amide bonds. The Morgan fingerprint density at radius 2 is 1.68 bits per heavy atom. The minimum absolute atomic E-state index is 0.279. The maximum Gasteiger partial charge on any atom is 0.135 e. The summed E-state index contributed by atoms with van der Waals surface area (Å²) in [6, 6.07) is 14.0. The zero-order valence-corrected chi connectivity index (χ0v) is 16.0. The Morgan fingerprint density at radius 3 is 2.52 bits per heavy atom. The summed E-state index contributed by atoms with van der Waals surface area (Å²) < 4.78 is 13.4. The first kappa shape index (κ1) is 17.4. The topological polar surface area (TPSA) is 96.0 Å². The minimum atomic E-state index is -0.279.